The van der Waals surface area contributed by atoms with Crippen LogP contribution in [-0.4, -0.2) is 26.7 Å². The monoisotopic (exact) mass is 256 g/mol. The predicted octanol–water partition coefficient (Wildman–Crippen LogP) is 1.23. The van der Waals surface area contributed by atoms with Crippen LogP contribution in [0.15, 0.2) is 24.3 Å². The Bertz CT molecular complexity index is 404. The lowest BCUT2D eigenvalue weighted by atomic mass is 10.1. The maximum atomic E-state index is 11.5. The van der Waals surface area contributed by atoms with Crippen LogP contribution in [0.5, 0.6) is 0 Å². The van der Waals surface area contributed by atoms with Crippen LogP contribution in [0.3, 0.4) is 0 Å². The van der Waals surface area contributed by atoms with Gasteiger partial charge >= 0.3 is 0 Å². The van der Waals surface area contributed by atoms with E-state index in [2.05, 4.69) is 0 Å². The first-order chi connectivity index (χ1) is 7.99. The average molecular weight is 256 g/mol. The van der Waals surface area contributed by atoms with Gasteiger partial charge in [0.25, 0.3) is 5.69 Å². The Kier molecular flexibility index (Phi) is 5.24. The van der Waals surface area contributed by atoms with Crippen LogP contribution in [-0.2, 0) is 17.2 Å². The van der Waals surface area contributed by atoms with Crippen molar-refractivity contribution in [2.24, 2.45) is 5.73 Å². The van der Waals surface area contributed by atoms with Crippen molar-refractivity contribution in [2.75, 3.05) is 11.5 Å². The molecule has 0 aromatic heterocycles. The molecule has 0 radical (unpaired) electrons. The fourth-order valence-electron chi connectivity index (χ4n) is 1.39. The quantitative estimate of drug-likeness (QED) is 0.612. The Balaban J connectivity index is 2.47. The molecule has 1 aromatic rings. The number of benzene rings is 1. The van der Waals surface area contributed by atoms with Gasteiger partial charge < -0.3 is 5.73 Å². The fourth-order valence-corrected chi connectivity index (χ4v) is 2.61. The smallest absolute Gasteiger partial charge is 0.269 e. The Labute approximate surface area is 103 Å². The number of hydrogen-bond donors (Lipinski definition) is 1. The third-order valence-corrected chi connectivity index (χ3v) is 3.77. The standard InChI is InChI=1S/C11H16N2O3S/c1-9(12)8-17(16)7-6-10-2-4-11(5-3-10)13(14)15/h2-5,9H,6-8,12H2,1H3. The first-order valence-electron chi connectivity index (χ1n) is 5.33. The maximum Gasteiger partial charge on any atom is 0.269 e. The minimum absolute atomic E-state index is 0.0623. The topological polar surface area (TPSA) is 86.2 Å². The van der Waals surface area contributed by atoms with Gasteiger partial charge in [0, 0.05) is 40.5 Å². The van der Waals surface area contributed by atoms with Crippen molar-refractivity contribution < 1.29 is 9.13 Å². The van der Waals surface area contributed by atoms with Crippen LogP contribution in [0.4, 0.5) is 5.69 Å². The van der Waals surface area contributed by atoms with Gasteiger partial charge in [-0.3, -0.25) is 14.3 Å². The molecule has 0 aliphatic carbocycles. The Morgan fingerprint density at radius 2 is 2.00 bits per heavy atom. The van der Waals surface area contributed by atoms with Crippen LogP contribution in [0.25, 0.3) is 0 Å². The molecule has 0 fully saturated rings. The minimum Gasteiger partial charge on any atom is -0.327 e. The van der Waals surface area contributed by atoms with Crippen molar-refractivity contribution in [3.05, 3.63) is 39.9 Å². The van der Waals surface area contributed by atoms with Gasteiger partial charge in [-0.2, -0.15) is 0 Å². The molecule has 6 heteroatoms. The summed E-state index contributed by atoms with van der Waals surface area (Å²) in [6.07, 6.45) is 0.650. The molecule has 0 saturated carbocycles. The molecule has 2 N–H and O–H groups in total. The van der Waals surface area contributed by atoms with Gasteiger partial charge in [-0.15, -0.1) is 0 Å². The van der Waals surface area contributed by atoms with E-state index in [4.69, 9.17) is 5.73 Å². The van der Waals surface area contributed by atoms with Crippen LogP contribution >= 0.6 is 0 Å². The summed E-state index contributed by atoms with van der Waals surface area (Å²) in [4.78, 5) is 10.0. The molecule has 0 saturated heterocycles. The third-order valence-electron chi connectivity index (χ3n) is 2.21. The molecule has 1 aromatic carbocycles. The number of nitrogens with two attached hydrogens (primary N) is 1. The fraction of sp³-hybridized carbons (Fsp3) is 0.455. The number of non-ortho nitro benzene ring substituents is 1. The lowest BCUT2D eigenvalue weighted by Gasteiger charge is -2.05. The molecule has 5 nitrogen and oxygen atoms in total. The van der Waals surface area contributed by atoms with Gasteiger partial charge in [0.2, 0.25) is 0 Å². The van der Waals surface area contributed by atoms with Crippen molar-refractivity contribution in [1.82, 2.24) is 0 Å². The van der Waals surface area contributed by atoms with Crippen molar-refractivity contribution >= 4 is 16.5 Å². The van der Waals surface area contributed by atoms with E-state index in [0.717, 1.165) is 5.56 Å². The summed E-state index contributed by atoms with van der Waals surface area (Å²) >= 11 is 0. The zero-order chi connectivity index (χ0) is 12.8. The summed E-state index contributed by atoms with van der Waals surface area (Å²) in [6.45, 7) is 1.82. The summed E-state index contributed by atoms with van der Waals surface area (Å²) in [5.41, 5.74) is 6.57. The maximum absolute atomic E-state index is 11.5. The van der Waals surface area contributed by atoms with E-state index in [1.165, 1.54) is 12.1 Å². The normalized spacial score (nSPS) is 14.2. The molecule has 0 aliphatic heterocycles. The lowest BCUT2D eigenvalue weighted by molar-refractivity contribution is -0.384. The van der Waals surface area contributed by atoms with Gasteiger partial charge in [-0.1, -0.05) is 12.1 Å². The van der Waals surface area contributed by atoms with Crippen molar-refractivity contribution in [3.63, 3.8) is 0 Å². The van der Waals surface area contributed by atoms with Crippen LogP contribution < -0.4 is 5.73 Å². The molecule has 2 unspecified atom stereocenters. The number of nitro groups is 1. The molecule has 0 heterocycles. The van der Waals surface area contributed by atoms with E-state index >= 15 is 0 Å². The van der Waals surface area contributed by atoms with Crippen molar-refractivity contribution in [3.8, 4) is 0 Å². The largest absolute Gasteiger partial charge is 0.327 e. The summed E-state index contributed by atoms with van der Waals surface area (Å²) in [7, 11) is -0.924. The molecular formula is C11H16N2O3S. The van der Waals surface area contributed by atoms with Gasteiger partial charge in [0.05, 0.1) is 4.92 Å². The van der Waals surface area contributed by atoms with Gasteiger partial charge in [0.1, 0.15) is 0 Å². The number of nitrogens with zero attached hydrogens (tertiary/aromatic N) is 1. The molecule has 17 heavy (non-hydrogen) atoms. The molecular weight excluding hydrogens is 240 g/mol. The Hall–Kier alpha value is -1.27. The highest BCUT2D eigenvalue weighted by Gasteiger charge is 2.06. The van der Waals surface area contributed by atoms with E-state index < -0.39 is 15.7 Å². The van der Waals surface area contributed by atoms with E-state index in [1.807, 2.05) is 6.92 Å². The summed E-state index contributed by atoms with van der Waals surface area (Å²) < 4.78 is 11.5. The highest BCUT2D eigenvalue weighted by atomic mass is 32.2. The van der Waals surface area contributed by atoms with Crippen LogP contribution in [0.1, 0.15) is 12.5 Å². The molecule has 0 spiro atoms. The number of nitro benzene ring substituents is 1. The Morgan fingerprint density at radius 1 is 1.41 bits per heavy atom. The highest BCUT2D eigenvalue weighted by Crippen LogP contribution is 2.12. The molecule has 1 rings (SSSR count). The van der Waals surface area contributed by atoms with Crippen LogP contribution in [0.2, 0.25) is 0 Å². The van der Waals surface area contributed by atoms with Crippen molar-refractivity contribution in [1.29, 1.82) is 0 Å². The summed E-state index contributed by atoms with van der Waals surface area (Å²) in [5, 5.41) is 10.4. The number of aryl methyl sites for hydroxylation is 1. The van der Waals surface area contributed by atoms with E-state index in [1.54, 1.807) is 12.1 Å². The minimum atomic E-state index is -0.924. The molecule has 0 amide bonds. The summed E-state index contributed by atoms with van der Waals surface area (Å²) in [5.74, 6) is 1.03. The highest BCUT2D eigenvalue weighted by molar-refractivity contribution is 7.85. The zero-order valence-corrected chi connectivity index (χ0v) is 10.5. The van der Waals surface area contributed by atoms with E-state index in [9.17, 15) is 14.3 Å². The summed E-state index contributed by atoms with van der Waals surface area (Å²) in [6, 6.07) is 6.25. The molecule has 2 atom stereocenters. The first kappa shape index (κ1) is 13.8. The second kappa shape index (κ2) is 6.46. The molecule has 94 valence electrons. The van der Waals surface area contributed by atoms with Gasteiger partial charge in [0.15, 0.2) is 0 Å². The second-order valence-electron chi connectivity index (χ2n) is 3.96. The first-order valence-corrected chi connectivity index (χ1v) is 6.81. The SMILES string of the molecule is CC(N)CS(=O)CCc1ccc([N+](=O)[O-])cc1. The Morgan fingerprint density at radius 3 is 2.47 bits per heavy atom. The average Bonchev–Trinajstić information content (AvgIpc) is 2.26. The van der Waals surface area contributed by atoms with Crippen LogP contribution in [0, 0.1) is 10.1 Å². The van der Waals surface area contributed by atoms with Gasteiger partial charge in [-0.25, -0.2) is 0 Å². The van der Waals surface area contributed by atoms with Crippen molar-refractivity contribution in [2.45, 2.75) is 19.4 Å². The third kappa shape index (κ3) is 5.06. The second-order valence-corrected chi connectivity index (χ2v) is 5.58. The number of rotatable bonds is 6. The van der Waals surface area contributed by atoms with E-state index in [-0.39, 0.29) is 11.7 Å². The zero-order valence-electron chi connectivity index (χ0n) is 9.67. The van der Waals surface area contributed by atoms with Gasteiger partial charge in [-0.05, 0) is 18.9 Å². The predicted molar refractivity (Wildman–Crippen MR) is 68.3 cm³/mol. The molecule has 0 aliphatic rings. The molecule has 0 bridgehead atoms. The van der Waals surface area contributed by atoms with E-state index in [0.29, 0.717) is 17.9 Å². The lowest BCUT2D eigenvalue weighted by Crippen LogP contribution is -2.24. The number of hydrogen-bond acceptors (Lipinski definition) is 4.